The summed E-state index contributed by atoms with van der Waals surface area (Å²) in [6.07, 6.45) is 2.48. The number of aromatic amines is 1. The van der Waals surface area contributed by atoms with Gasteiger partial charge in [-0.15, -0.1) is 0 Å². The number of carbonyl (C=O) groups excluding carboxylic acids is 3. The number of piperazine rings is 1. The number of hydrogen-bond acceptors (Lipinski definition) is 12. The zero-order valence-corrected chi connectivity index (χ0v) is 33.1. The normalized spacial score (nSPS) is 18.7. The quantitative estimate of drug-likeness (QED) is 0.107. The van der Waals surface area contributed by atoms with Crippen molar-refractivity contribution >= 4 is 34.4 Å². The van der Waals surface area contributed by atoms with Crippen molar-refractivity contribution in [3.05, 3.63) is 77.9 Å². The Balaban J connectivity index is 0.752. The van der Waals surface area contributed by atoms with Crippen molar-refractivity contribution in [2.45, 2.75) is 51.8 Å². The lowest BCUT2D eigenvalue weighted by Crippen LogP contribution is -2.53. The van der Waals surface area contributed by atoms with Crippen LogP contribution in [0.1, 0.15) is 54.3 Å². The summed E-state index contributed by atoms with van der Waals surface area (Å²) in [6, 6.07) is 11.2. The van der Waals surface area contributed by atoms with Gasteiger partial charge in [-0.2, -0.15) is 5.10 Å². The topological polar surface area (TPSA) is 161 Å². The van der Waals surface area contributed by atoms with Crippen LogP contribution >= 0.6 is 0 Å². The molecule has 3 aliphatic rings. The van der Waals surface area contributed by atoms with Gasteiger partial charge in [0, 0.05) is 61.1 Å². The van der Waals surface area contributed by atoms with Crippen LogP contribution in [0.2, 0.25) is 0 Å². The van der Waals surface area contributed by atoms with E-state index >= 15 is 0 Å². The van der Waals surface area contributed by atoms with Gasteiger partial charge < -0.3 is 33.9 Å². The van der Waals surface area contributed by atoms with E-state index in [-0.39, 0.29) is 29.6 Å². The van der Waals surface area contributed by atoms with Gasteiger partial charge in [-0.05, 0) is 70.0 Å². The van der Waals surface area contributed by atoms with Crippen LogP contribution in [-0.4, -0.2) is 133 Å². The maximum atomic E-state index is 14.6. The molecule has 15 nitrogen and oxygen atoms in total. The second-order valence-electron chi connectivity index (χ2n) is 14.8. The summed E-state index contributed by atoms with van der Waals surface area (Å²) in [5.41, 5.74) is 3.28. The number of amides is 3. The first kappa shape index (κ1) is 40.8. The molecule has 2 aromatic heterocycles. The molecular weight excluding hydrogens is 750 g/mol. The molecule has 0 bridgehead atoms. The molecule has 2 saturated heterocycles. The molecule has 7 rings (SSSR count). The number of halogens is 1. The molecule has 3 aliphatic heterocycles. The van der Waals surface area contributed by atoms with Crippen molar-refractivity contribution in [2.75, 3.05) is 77.3 Å². The summed E-state index contributed by atoms with van der Waals surface area (Å²) < 4.78 is 43.1. The lowest BCUT2D eigenvalue weighted by atomic mass is 10.0. The largest absolute Gasteiger partial charge is 0.491 e. The summed E-state index contributed by atoms with van der Waals surface area (Å²) in [4.78, 5) is 48.8. The number of allylic oxidation sites excluding steroid dienone is 1. The van der Waals surface area contributed by atoms with Gasteiger partial charge in [-0.1, -0.05) is 6.58 Å². The van der Waals surface area contributed by atoms with Crippen molar-refractivity contribution in [3.8, 4) is 22.8 Å². The molecule has 308 valence electrons. The molecule has 2 N–H and O–H groups in total. The first-order chi connectivity index (χ1) is 28.1. The molecule has 0 aliphatic carbocycles. The molecule has 2 fully saturated rings. The fraction of sp³-hybridized carbons (Fsp3) is 0.452. The maximum absolute atomic E-state index is 14.6. The number of piperidine rings is 1. The minimum Gasteiger partial charge on any atom is -0.491 e. The molecule has 4 aromatic rings. The first-order valence-electron chi connectivity index (χ1n) is 19.7. The van der Waals surface area contributed by atoms with E-state index in [1.807, 2.05) is 26.0 Å². The summed E-state index contributed by atoms with van der Waals surface area (Å²) >= 11 is 0. The lowest BCUT2D eigenvalue weighted by Gasteiger charge is -2.40. The van der Waals surface area contributed by atoms with Gasteiger partial charge in [-0.3, -0.25) is 29.3 Å². The molecule has 1 unspecified atom stereocenters. The van der Waals surface area contributed by atoms with Gasteiger partial charge in [0.2, 0.25) is 5.91 Å². The molecule has 2 atom stereocenters. The Morgan fingerprint density at radius 2 is 1.66 bits per heavy atom. The molecule has 2 aromatic carbocycles. The Labute approximate surface area is 336 Å². The number of carbonyl (C=O) groups is 3. The van der Waals surface area contributed by atoms with Crippen LogP contribution in [0.25, 0.3) is 22.2 Å². The minimum atomic E-state index is -0.857. The molecule has 58 heavy (non-hydrogen) atoms. The van der Waals surface area contributed by atoms with Crippen LogP contribution in [0.3, 0.4) is 0 Å². The van der Waals surface area contributed by atoms with Crippen LogP contribution in [0.15, 0.2) is 60.9 Å². The lowest BCUT2D eigenvalue weighted by molar-refractivity contribution is -0.125. The van der Waals surface area contributed by atoms with E-state index in [1.54, 1.807) is 24.4 Å². The number of pyridine rings is 1. The predicted molar refractivity (Wildman–Crippen MR) is 213 cm³/mol. The molecule has 0 spiro atoms. The summed E-state index contributed by atoms with van der Waals surface area (Å²) in [5, 5.41) is 10.9. The molecule has 5 heterocycles. The third-order valence-corrected chi connectivity index (χ3v) is 10.4. The zero-order chi connectivity index (χ0) is 40.8. The van der Waals surface area contributed by atoms with Gasteiger partial charge in [0.25, 0.3) is 11.8 Å². The zero-order valence-electron chi connectivity index (χ0n) is 33.1. The van der Waals surface area contributed by atoms with E-state index in [1.165, 1.54) is 12.1 Å². The Morgan fingerprint density at radius 1 is 0.914 bits per heavy atom. The predicted octanol–water partition coefficient (Wildman–Crippen LogP) is 4.58. The van der Waals surface area contributed by atoms with Gasteiger partial charge in [0.1, 0.15) is 29.9 Å². The number of aromatic nitrogens is 3. The van der Waals surface area contributed by atoms with Crippen molar-refractivity contribution in [1.29, 1.82) is 0 Å². The molecular formula is C42H50FN7O8. The third kappa shape index (κ3) is 9.31. The average Bonchev–Trinajstić information content (AvgIpc) is 3.72. The molecule has 0 saturated carbocycles. The van der Waals surface area contributed by atoms with Crippen molar-refractivity contribution in [1.82, 2.24) is 30.3 Å². The highest BCUT2D eigenvalue weighted by Gasteiger charge is 2.44. The first-order valence-corrected chi connectivity index (χ1v) is 19.7. The van der Waals surface area contributed by atoms with E-state index in [2.05, 4.69) is 43.8 Å². The number of nitrogens with zero attached hydrogens (tertiary/aromatic N) is 5. The summed E-state index contributed by atoms with van der Waals surface area (Å²) in [6.45, 7) is 15.9. The minimum absolute atomic E-state index is 0.152. The number of nitrogens with one attached hydrogen (secondary N) is 2. The van der Waals surface area contributed by atoms with Crippen LogP contribution in [0.4, 0.5) is 10.2 Å². The van der Waals surface area contributed by atoms with Crippen LogP contribution in [-0.2, 0) is 19.0 Å². The number of anilines is 1. The van der Waals surface area contributed by atoms with Gasteiger partial charge >= 0.3 is 0 Å². The van der Waals surface area contributed by atoms with Crippen molar-refractivity contribution < 1.29 is 42.5 Å². The Bertz CT molecular complexity index is 2140. The molecule has 0 radical (unpaired) electrons. The summed E-state index contributed by atoms with van der Waals surface area (Å²) in [7, 11) is 0. The summed E-state index contributed by atoms with van der Waals surface area (Å²) in [5.74, 6) is -0.305. The number of hydrogen-bond donors (Lipinski definition) is 2. The van der Waals surface area contributed by atoms with Crippen molar-refractivity contribution in [2.24, 2.45) is 0 Å². The monoisotopic (exact) mass is 799 g/mol. The highest BCUT2D eigenvalue weighted by Crippen LogP contribution is 2.34. The molecule has 3 amide bonds. The van der Waals surface area contributed by atoms with E-state index in [0.717, 1.165) is 53.5 Å². The highest BCUT2D eigenvalue weighted by molar-refractivity contribution is 6.23. The number of H-pyrrole nitrogens is 1. The number of benzene rings is 2. The van der Waals surface area contributed by atoms with Crippen LogP contribution in [0, 0.1) is 5.82 Å². The Kier molecular flexibility index (Phi) is 13.0. The number of rotatable bonds is 18. The van der Waals surface area contributed by atoms with E-state index in [0.29, 0.717) is 75.5 Å². The van der Waals surface area contributed by atoms with Crippen LogP contribution in [0.5, 0.6) is 11.5 Å². The second-order valence-corrected chi connectivity index (χ2v) is 14.8. The van der Waals surface area contributed by atoms with Gasteiger partial charge in [-0.25, -0.2) is 9.37 Å². The molecule has 16 heteroatoms. The Morgan fingerprint density at radius 3 is 2.40 bits per heavy atom. The van der Waals surface area contributed by atoms with E-state index in [9.17, 15) is 18.8 Å². The average molecular weight is 800 g/mol. The highest BCUT2D eigenvalue weighted by atomic mass is 19.1. The second kappa shape index (κ2) is 18.4. The van der Waals surface area contributed by atoms with Crippen LogP contribution < -0.4 is 19.7 Å². The van der Waals surface area contributed by atoms with Gasteiger partial charge in [0.05, 0.1) is 62.4 Å². The fourth-order valence-electron chi connectivity index (χ4n) is 7.42. The number of imide groups is 1. The number of fused-ring (bicyclic) bond motifs is 2. The fourth-order valence-corrected chi connectivity index (χ4v) is 7.42. The third-order valence-electron chi connectivity index (χ3n) is 10.4. The van der Waals surface area contributed by atoms with Gasteiger partial charge in [0.15, 0.2) is 11.6 Å². The standard InChI is InChI=1S/C42H50FN7O8/c1-26(2)58-37-23-33-35(24-34(37)43)46-47-39(33)29-9-10-44-38(21-29)49-12-11-48(28(4)25-49)13-14-54-15-16-55-17-18-56-19-20-57-30-6-7-31-32(22-30)42(53)50(41(31)52)36-8-5-27(3)45-40(36)51/h6-7,9-10,21-24,26,28,36H,3,5,8,11-20,25H2,1-2,4H3,(H,45,51)(H,46,47)/t28-,36?/m0/s1. The SMILES string of the molecule is C=C1CCC(N2C(=O)c3ccc(OCCOCCOCCOCCN4CCN(c5cc(-c6n[nH]c7cc(F)c(OC(C)C)cc67)ccn5)C[C@@H]4C)cc3C2=O)C(=O)N1. The Hall–Kier alpha value is -5.42. The smallest absolute Gasteiger partial charge is 0.262 e. The van der Waals surface area contributed by atoms with Crippen molar-refractivity contribution in [3.63, 3.8) is 0 Å². The van der Waals surface area contributed by atoms with E-state index in [4.69, 9.17) is 23.7 Å². The van der Waals surface area contributed by atoms with E-state index < -0.39 is 29.6 Å². The maximum Gasteiger partial charge on any atom is 0.262 e. The number of ether oxygens (including phenoxy) is 5.